The van der Waals surface area contributed by atoms with Gasteiger partial charge in [-0.05, 0) is 24.8 Å². The van der Waals surface area contributed by atoms with Crippen LogP contribution in [0.3, 0.4) is 0 Å². The summed E-state index contributed by atoms with van der Waals surface area (Å²) in [6.07, 6.45) is 3.69. The zero-order chi connectivity index (χ0) is 16.2. The lowest BCUT2D eigenvalue weighted by atomic mass is 9.77. The van der Waals surface area contributed by atoms with Gasteiger partial charge < -0.3 is 4.74 Å². The van der Waals surface area contributed by atoms with Crippen LogP contribution in [0.15, 0.2) is 12.2 Å². The van der Waals surface area contributed by atoms with E-state index in [4.69, 9.17) is 62.7 Å². The highest BCUT2D eigenvalue weighted by Gasteiger charge is 2.44. The van der Waals surface area contributed by atoms with Crippen LogP contribution in [0.4, 0.5) is 0 Å². The number of carbonyl (C=O) groups excluding carboxylic acids is 1. The fourth-order valence-corrected chi connectivity index (χ4v) is 2.08. The Balaban J connectivity index is 5.18. The minimum Gasteiger partial charge on any atom is -0.466 e. The number of halogens is 5. The molecule has 0 aromatic carbocycles. The predicted octanol–water partition coefficient (Wildman–Crippen LogP) is 5.70. The molecule has 0 bridgehead atoms. The molecule has 0 aliphatic heterocycles. The number of hydrogen-bond donors (Lipinski definition) is 0. The van der Waals surface area contributed by atoms with Crippen LogP contribution in [0, 0.1) is 11.3 Å². The number of hydrogen-bond acceptors (Lipinski definition) is 2. The average molecular weight is 385 g/mol. The second-order valence-electron chi connectivity index (χ2n) is 4.99. The van der Waals surface area contributed by atoms with Crippen molar-refractivity contribution in [2.24, 2.45) is 11.3 Å². The van der Waals surface area contributed by atoms with Crippen molar-refractivity contribution in [1.29, 1.82) is 0 Å². The number of rotatable bonds is 6. The Labute approximate surface area is 145 Å². The first kappa shape index (κ1) is 20.7. The molecule has 20 heavy (non-hydrogen) atoms. The van der Waals surface area contributed by atoms with Gasteiger partial charge >= 0.3 is 5.97 Å². The second-order valence-corrected chi connectivity index (χ2v) is 8.66. The van der Waals surface area contributed by atoms with Gasteiger partial charge in [0.25, 0.3) is 0 Å². The van der Waals surface area contributed by atoms with Gasteiger partial charge in [0, 0.05) is 0 Å². The quantitative estimate of drug-likeness (QED) is 0.333. The third-order valence-corrected chi connectivity index (χ3v) is 5.27. The van der Waals surface area contributed by atoms with Crippen molar-refractivity contribution < 1.29 is 9.53 Å². The molecule has 0 aliphatic rings. The topological polar surface area (TPSA) is 26.3 Å². The molecule has 0 saturated heterocycles. The summed E-state index contributed by atoms with van der Waals surface area (Å²) in [7, 11) is 0. The van der Waals surface area contributed by atoms with Crippen molar-refractivity contribution in [2.45, 2.75) is 42.2 Å². The summed E-state index contributed by atoms with van der Waals surface area (Å²) in [5.41, 5.74) is -0.536. The van der Waals surface area contributed by atoms with E-state index in [2.05, 4.69) is 0 Å². The van der Waals surface area contributed by atoms with Gasteiger partial charge in [0.05, 0.1) is 12.5 Å². The lowest BCUT2D eigenvalue weighted by Gasteiger charge is -2.31. The molecule has 0 radical (unpaired) electrons. The van der Waals surface area contributed by atoms with E-state index >= 15 is 0 Å². The van der Waals surface area contributed by atoms with Gasteiger partial charge in [0.2, 0.25) is 3.79 Å². The first-order valence-corrected chi connectivity index (χ1v) is 8.09. The molecule has 0 aliphatic carbocycles. The van der Waals surface area contributed by atoms with Gasteiger partial charge in [-0.3, -0.25) is 4.79 Å². The molecule has 0 rings (SSSR count). The van der Waals surface area contributed by atoms with E-state index in [9.17, 15) is 4.79 Å². The van der Waals surface area contributed by atoms with E-state index < -0.39 is 13.5 Å². The van der Waals surface area contributed by atoms with Crippen molar-refractivity contribution >= 4 is 64.0 Å². The Morgan fingerprint density at radius 3 is 1.95 bits per heavy atom. The highest BCUT2D eigenvalue weighted by molar-refractivity contribution is 6.76. The molecule has 7 heteroatoms. The molecule has 0 fully saturated rings. The minimum absolute atomic E-state index is 0.270. The lowest BCUT2D eigenvalue weighted by molar-refractivity contribution is -0.151. The van der Waals surface area contributed by atoms with Gasteiger partial charge in [-0.15, -0.1) is 0 Å². The highest BCUT2D eigenvalue weighted by Crippen LogP contribution is 2.47. The van der Waals surface area contributed by atoms with Crippen LogP contribution in [0.5, 0.6) is 0 Å². The van der Waals surface area contributed by atoms with E-state index in [-0.39, 0.29) is 11.9 Å². The maximum Gasteiger partial charge on any atom is 0.309 e. The van der Waals surface area contributed by atoms with Crippen molar-refractivity contribution in [2.75, 3.05) is 6.61 Å². The summed E-state index contributed by atoms with van der Waals surface area (Å²) >= 11 is 29.1. The highest BCUT2D eigenvalue weighted by atomic mass is 35.6. The van der Waals surface area contributed by atoms with E-state index in [1.807, 2.05) is 20.8 Å². The Hall–Kier alpha value is 0.660. The molecule has 1 unspecified atom stereocenters. The van der Waals surface area contributed by atoms with Gasteiger partial charge in [-0.2, -0.15) is 0 Å². The van der Waals surface area contributed by atoms with Crippen LogP contribution in [-0.4, -0.2) is 20.7 Å². The van der Waals surface area contributed by atoms with Crippen molar-refractivity contribution in [1.82, 2.24) is 0 Å². The summed E-state index contributed by atoms with van der Waals surface area (Å²) in [5, 5.41) is 0. The first-order chi connectivity index (χ1) is 8.89. The Kier molecular flexibility index (Phi) is 8.04. The molecule has 0 amide bonds. The van der Waals surface area contributed by atoms with E-state index in [0.717, 1.165) is 0 Å². The lowest BCUT2D eigenvalue weighted by Crippen LogP contribution is -2.33. The van der Waals surface area contributed by atoms with Gasteiger partial charge in [-0.1, -0.05) is 84.9 Å². The predicted molar refractivity (Wildman–Crippen MR) is 88.1 cm³/mol. The van der Waals surface area contributed by atoms with Gasteiger partial charge in [-0.25, -0.2) is 0 Å². The number of carbonyl (C=O) groups is 1. The fraction of sp³-hybridized carbons (Fsp3) is 0.769. The maximum atomic E-state index is 11.9. The minimum atomic E-state index is -1.87. The molecule has 0 aromatic heterocycles. The Morgan fingerprint density at radius 2 is 1.60 bits per heavy atom. The number of ether oxygens (including phenoxy) is 1. The normalized spacial score (nSPS) is 15.4. The third kappa shape index (κ3) is 5.81. The molecule has 118 valence electrons. The zero-order valence-corrected chi connectivity index (χ0v) is 15.6. The first-order valence-electron chi connectivity index (χ1n) is 6.20. The van der Waals surface area contributed by atoms with Crippen LogP contribution in [0.2, 0.25) is 0 Å². The number of esters is 1. The average Bonchev–Trinajstić information content (AvgIpc) is 2.26. The SMILES string of the molecule is CCOC(=O)C(CC)C(C)(C)C=CC(Cl)(Cl)C(Cl)(Cl)Cl. The maximum absolute atomic E-state index is 11.9. The molecule has 0 spiro atoms. The Morgan fingerprint density at radius 1 is 1.10 bits per heavy atom. The van der Waals surface area contributed by atoms with Gasteiger partial charge in [0.1, 0.15) is 0 Å². The Bertz CT molecular complexity index is 358. The zero-order valence-electron chi connectivity index (χ0n) is 11.9. The van der Waals surface area contributed by atoms with Crippen molar-refractivity contribution in [3.63, 3.8) is 0 Å². The molecular weight excluding hydrogens is 365 g/mol. The van der Waals surface area contributed by atoms with Crippen LogP contribution in [0.1, 0.15) is 34.1 Å². The summed E-state index contributed by atoms with van der Waals surface area (Å²) < 4.78 is 1.52. The molecule has 0 heterocycles. The van der Waals surface area contributed by atoms with E-state index in [1.54, 1.807) is 13.0 Å². The number of allylic oxidation sites excluding steroid dienone is 2. The van der Waals surface area contributed by atoms with E-state index in [0.29, 0.717) is 13.0 Å². The van der Waals surface area contributed by atoms with Crippen LogP contribution in [-0.2, 0) is 9.53 Å². The third-order valence-electron chi connectivity index (χ3n) is 2.98. The molecule has 0 N–H and O–H groups in total. The van der Waals surface area contributed by atoms with E-state index in [1.165, 1.54) is 6.08 Å². The summed E-state index contributed by atoms with van der Waals surface area (Å²) in [6, 6.07) is 0. The largest absolute Gasteiger partial charge is 0.466 e. The molecule has 0 aromatic rings. The van der Waals surface area contributed by atoms with Crippen LogP contribution in [0.25, 0.3) is 0 Å². The van der Waals surface area contributed by atoms with Crippen molar-refractivity contribution in [3.05, 3.63) is 12.2 Å². The summed E-state index contributed by atoms with van der Waals surface area (Å²) in [4.78, 5) is 11.9. The molecule has 1 atom stereocenters. The summed E-state index contributed by atoms with van der Waals surface area (Å²) in [6.45, 7) is 7.74. The smallest absolute Gasteiger partial charge is 0.309 e. The summed E-state index contributed by atoms with van der Waals surface area (Å²) in [5.74, 6) is -0.605. The van der Waals surface area contributed by atoms with Crippen molar-refractivity contribution in [3.8, 4) is 0 Å². The standard InChI is InChI=1S/C13H19Cl5O2/c1-5-9(10(19)20-6-2)11(3,4)7-8-12(14,15)13(16,17)18/h7-9H,5-6H2,1-4H3. The molecule has 2 nitrogen and oxygen atoms in total. The number of alkyl halides is 5. The van der Waals surface area contributed by atoms with Crippen LogP contribution < -0.4 is 0 Å². The van der Waals surface area contributed by atoms with Crippen LogP contribution >= 0.6 is 58.0 Å². The molecule has 0 saturated carbocycles. The fourth-order valence-electron chi connectivity index (χ4n) is 1.77. The van der Waals surface area contributed by atoms with Gasteiger partial charge in [0.15, 0.2) is 4.33 Å². The monoisotopic (exact) mass is 382 g/mol. The molecular formula is C13H19Cl5O2. The second kappa shape index (κ2) is 7.78.